The van der Waals surface area contributed by atoms with Crippen LogP contribution in [0.5, 0.6) is 5.75 Å². The van der Waals surface area contributed by atoms with Crippen molar-refractivity contribution in [2.45, 2.75) is 110 Å². The first-order valence-electron chi connectivity index (χ1n) is 13.2. The third kappa shape index (κ3) is 11.8. The largest absolute Gasteiger partial charge is 0.508 e. The molecule has 2 atom stereocenters. The lowest BCUT2D eigenvalue weighted by Gasteiger charge is -2.36. The molecule has 0 aliphatic rings. The first-order chi connectivity index (χ1) is 17.6. The van der Waals surface area contributed by atoms with Crippen LogP contribution < -0.4 is 16.4 Å². The topological polar surface area (TPSA) is 151 Å². The van der Waals surface area contributed by atoms with Crippen LogP contribution in [0.4, 0.5) is 4.79 Å². The Labute approximate surface area is 226 Å². The van der Waals surface area contributed by atoms with Crippen LogP contribution in [0, 0.1) is 0 Å². The van der Waals surface area contributed by atoms with Crippen molar-refractivity contribution in [3.8, 4) is 5.75 Å². The van der Waals surface area contributed by atoms with E-state index in [1.807, 2.05) is 20.8 Å². The van der Waals surface area contributed by atoms with Crippen LogP contribution >= 0.6 is 0 Å². The summed E-state index contributed by atoms with van der Waals surface area (Å²) in [6.45, 7) is 12.7. The van der Waals surface area contributed by atoms with Crippen LogP contribution in [0.3, 0.4) is 0 Å². The van der Waals surface area contributed by atoms with Crippen LogP contribution in [0.1, 0.15) is 98.6 Å². The molecule has 0 aromatic heterocycles. The van der Waals surface area contributed by atoms with Gasteiger partial charge >= 0.3 is 6.09 Å². The summed E-state index contributed by atoms with van der Waals surface area (Å²) in [5, 5.41) is 16.0. The van der Waals surface area contributed by atoms with Gasteiger partial charge in [0.15, 0.2) is 0 Å². The van der Waals surface area contributed by atoms with E-state index in [-0.39, 0.29) is 17.9 Å². The zero-order valence-corrected chi connectivity index (χ0v) is 23.9. The van der Waals surface area contributed by atoms with Crippen LogP contribution in [-0.2, 0) is 19.1 Å². The number of primary amides is 1. The highest BCUT2D eigenvalue weighted by Crippen LogP contribution is 2.31. The maximum Gasteiger partial charge on any atom is 0.408 e. The molecule has 5 N–H and O–H groups in total. The second-order valence-corrected chi connectivity index (χ2v) is 11.5. The molecule has 1 rings (SSSR count). The van der Waals surface area contributed by atoms with Gasteiger partial charge < -0.3 is 31.1 Å². The van der Waals surface area contributed by atoms with Gasteiger partial charge in [0.05, 0.1) is 6.42 Å². The molecular weight excluding hydrogens is 488 g/mol. The SMILES string of the molecule is CCCCCCCN(C(=O)C(CC(N)=O)NC(=O)OC(C)(C)C)C(C(=O)NC(C)(C)C)c1ccccc1O. The molecule has 0 fully saturated rings. The molecule has 214 valence electrons. The fraction of sp³-hybridized carbons (Fsp3) is 0.643. The standard InChI is InChI=1S/C28H46N4O6/c1-8-9-10-11-14-17-32(25(36)20(18-22(29)34)30-26(37)38-28(5,6)7)23(24(35)31-27(2,3)4)19-15-12-13-16-21(19)33/h12-13,15-16,20,23,33H,8-11,14,17-18H2,1-7H3,(H2,29,34)(H,30,37)(H,31,35). The lowest BCUT2D eigenvalue weighted by atomic mass is 9.98. The van der Waals surface area contributed by atoms with Crippen molar-refractivity contribution in [2.24, 2.45) is 5.73 Å². The Morgan fingerprint density at radius 3 is 2.13 bits per heavy atom. The molecule has 0 heterocycles. The van der Waals surface area contributed by atoms with Gasteiger partial charge in [-0.3, -0.25) is 14.4 Å². The molecule has 0 aliphatic heterocycles. The van der Waals surface area contributed by atoms with Gasteiger partial charge in [0, 0.05) is 17.6 Å². The predicted octanol–water partition coefficient (Wildman–Crippen LogP) is 3.92. The minimum Gasteiger partial charge on any atom is -0.508 e. The number of unbranched alkanes of at least 4 members (excludes halogenated alkanes) is 4. The van der Waals surface area contributed by atoms with E-state index in [0.717, 1.165) is 25.7 Å². The number of carbonyl (C=O) groups excluding carboxylic acids is 4. The highest BCUT2D eigenvalue weighted by atomic mass is 16.6. The van der Waals surface area contributed by atoms with Crippen molar-refractivity contribution in [3.63, 3.8) is 0 Å². The quantitative estimate of drug-likeness (QED) is 0.282. The van der Waals surface area contributed by atoms with E-state index in [2.05, 4.69) is 17.6 Å². The second kappa shape index (κ2) is 14.6. The Morgan fingerprint density at radius 1 is 1.00 bits per heavy atom. The number of nitrogens with zero attached hydrogens (tertiary/aromatic N) is 1. The fourth-order valence-electron chi connectivity index (χ4n) is 3.91. The van der Waals surface area contributed by atoms with E-state index in [9.17, 15) is 24.3 Å². The molecule has 10 heteroatoms. The number of nitrogens with one attached hydrogen (secondary N) is 2. The summed E-state index contributed by atoms with van der Waals surface area (Å²) >= 11 is 0. The van der Waals surface area contributed by atoms with Crippen molar-refractivity contribution >= 4 is 23.8 Å². The summed E-state index contributed by atoms with van der Waals surface area (Å²) in [5.41, 5.74) is 4.18. The Morgan fingerprint density at radius 2 is 1.61 bits per heavy atom. The van der Waals surface area contributed by atoms with Gasteiger partial charge in [0.1, 0.15) is 23.4 Å². The summed E-state index contributed by atoms with van der Waals surface area (Å²) in [7, 11) is 0. The van der Waals surface area contributed by atoms with Crippen molar-refractivity contribution in [2.75, 3.05) is 6.54 Å². The van der Waals surface area contributed by atoms with Gasteiger partial charge in [0.2, 0.25) is 17.7 Å². The number of rotatable bonds is 13. The normalized spacial score (nSPS) is 13.2. The minimum atomic E-state index is -1.37. The van der Waals surface area contributed by atoms with Crippen LogP contribution in [0.15, 0.2) is 24.3 Å². The summed E-state index contributed by atoms with van der Waals surface area (Å²) in [6.07, 6.45) is 3.04. The molecule has 0 spiro atoms. The number of aromatic hydroxyl groups is 1. The van der Waals surface area contributed by atoms with Gasteiger partial charge in [-0.15, -0.1) is 0 Å². The van der Waals surface area contributed by atoms with Gasteiger partial charge in [-0.1, -0.05) is 50.8 Å². The number of phenols is 1. The van der Waals surface area contributed by atoms with Crippen LogP contribution in [0.2, 0.25) is 0 Å². The number of alkyl carbamates (subject to hydrolysis) is 1. The number of hydrogen-bond donors (Lipinski definition) is 4. The molecule has 0 radical (unpaired) electrons. The smallest absolute Gasteiger partial charge is 0.408 e. The average molecular weight is 535 g/mol. The molecule has 1 aromatic carbocycles. The predicted molar refractivity (Wildman–Crippen MR) is 146 cm³/mol. The fourth-order valence-corrected chi connectivity index (χ4v) is 3.91. The summed E-state index contributed by atoms with van der Waals surface area (Å²) in [4.78, 5) is 53.4. The lowest BCUT2D eigenvalue weighted by Crippen LogP contribution is -2.55. The first-order valence-corrected chi connectivity index (χ1v) is 13.2. The maximum atomic E-state index is 14.0. The molecule has 4 amide bonds. The van der Waals surface area contributed by atoms with Gasteiger partial charge in [0.25, 0.3) is 0 Å². The Balaban J connectivity index is 3.53. The molecule has 2 unspecified atom stereocenters. The van der Waals surface area contributed by atoms with Crippen LogP contribution in [-0.4, -0.2) is 57.5 Å². The number of nitrogens with two attached hydrogens (primary N) is 1. The highest BCUT2D eigenvalue weighted by Gasteiger charge is 2.38. The summed E-state index contributed by atoms with van der Waals surface area (Å²) in [5.74, 6) is -2.14. The molecule has 0 saturated carbocycles. The third-order valence-electron chi connectivity index (χ3n) is 5.47. The molecule has 1 aromatic rings. The second-order valence-electron chi connectivity index (χ2n) is 11.5. The highest BCUT2D eigenvalue weighted by molar-refractivity contribution is 5.95. The van der Waals surface area contributed by atoms with E-state index in [4.69, 9.17) is 10.5 Å². The monoisotopic (exact) mass is 534 g/mol. The van der Waals surface area contributed by atoms with Crippen molar-refractivity contribution in [1.29, 1.82) is 0 Å². The molecule has 0 bridgehead atoms. The molecule has 0 saturated heterocycles. The van der Waals surface area contributed by atoms with Crippen molar-refractivity contribution in [1.82, 2.24) is 15.5 Å². The number of para-hydroxylation sites is 1. The Bertz CT molecular complexity index is 951. The van der Waals surface area contributed by atoms with E-state index >= 15 is 0 Å². The minimum absolute atomic E-state index is 0.156. The average Bonchev–Trinajstić information content (AvgIpc) is 2.75. The number of carbonyl (C=O) groups is 4. The lowest BCUT2D eigenvalue weighted by molar-refractivity contribution is -0.144. The Kier molecular flexibility index (Phi) is 12.6. The van der Waals surface area contributed by atoms with E-state index in [1.54, 1.807) is 39.0 Å². The molecule has 0 aliphatic carbocycles. The van der Waals surface area contributed by atoms with Crippen molar-refractivity contribution < 1.29 is 29.0 Å². The maximum absolute atomic E-state index is 14.0. The molecular formula is C28H46N4O6. The van der Waals surface area contributed by atoms with E-state index in [0.29, 0.717) is 6.42 Å². The van der Waals surface area contributed by atoms with E-state index in [1.165, 1.54) is 11.0 Å². The first kappa shape index (κ1) is 32.7. The third-order valence-corrected chi connectivity index (χ3v) is 5.47. The van der Waals surface area contributed by atoms with Gasteiger partial charge in [-0.2, -0.15) is 0 Å². The molecule has 38 heavy (non-hydrogen) atoms. The number of phenolic OH excluding ortho intramolecular Hbond substituents is 1. The number of amides is 4. The molecule has 10 nitrogen and oxygen atoms in total. The number of ether oxygens (including phenoxy) is 1. The zero-order valence-electron chi connectivity index (χ0n) is 23.9. The number of benzene rings is 1. The number of hydrogen-bond acceptors (Lipinski definition) is 6. The summed E-state index contributed by atoms with van der Waals surface area (Å²) < 4.78 is 5.29. The zero-order chi connectivity index (χ0) is 29.1. The van der Waals surface area contributed by atoms with Crippen molar-refractivity contribution in [3.05, 3.63) is 29.8 Å². The summed E-state index contributed by atoms with van der Waals surface area (Å²) in [6, 6.07) is 3.71. The van der Waals surface area contributed by atoms with E-state index < -0.39 is 53.5 Å². The van der Waals surface area contributed by atoms with Crippen LogP contribution in [0.25, 0.3) is 0 Å². The van der Waals surface area contributed by atoms with Gasteiger partial charge in [-0.05, 0) is 54.0 Å². The Hall–Kier alpha value is -3.30. The van der Waals surface area contributed by atoms with Gasteiger partial charge in [-0.25, -0.2) is 4.79 Å².